The molecule has 0 spiro atoms. The van der Waals surface area contributed by atoms with E-state index in [1.807, 2.05) is 13.8 Å². The Morgan fingerprint density at radius 3 is 2.40 bits per heavy atom. The molecule has 5 nitrogen and oxygen atoms in total. The molecule has 1 unspecified atom stereocenters. The summed E-state index contributed by atoms with van der Waals surface area (Å²) < 4.78 is 0. The maximum absolute atomic E-state index is 12.1. The molecule has 1 saturated heterocycles. The van der Waals surface area contributed by atoms with Gasteiger partial charge in [0.05, 0.1) is 5.41 Å². The van der Waals surface area contributed by atoms with Crippen LogP contribution in [0, 0.1) is 11.3 Å². The molecular formula is C15H26N2O3. The van der Waals surface area contributed by atoms with E-state index in [0.29, 0.717) is 32.4 Å². The molecule has 2 aliphatic rings. The van der Waals surface area contributed by atoms with Gasteiger partial charge in [0, 0.05) is 19.1 Å². The molecule has 2 N–H and O–H groups in total. The van der Waals surface area contributed by atoms with Crippen molar-refractivity contribution in [2.45, 2.75) is 58.4 Å². The van der Waals surface area contributed by atoms with Gasteiger partial charge in [-0.3, -0.25) is 4.79 Å². The van der Waals surface area contributed by atoms with Gasteiger partial charge in [0.2, 0.25) is 0 Å². The van der Waals surface area contributed by atoms with Gasteiger partial charge < -0.3 is 15.3 Å². The molecule has 0 aromatic carbocycles. The number of carboxylic acids is 1. The Morgan fingerprint density at radius 1 is 1.35 bits per heavy atom. The Kier molecular flexibility index (Phi) is 4.55. The minimum atomic E-state index is -0.720. The van der Waals surface area contributed by atoms with Crippen LogP contribution in [0.25, 0.3) is 0 Å². The first-order valence-corrected chi connectivity index (χ1v) is 7.75. The predicted molar refractivity (Wildman–Crippen MR) is 76.5 cm³/mol. The molecule has 1 atom stereocenters. The summed E-state index contributed by atoms with van der Waals surface area (Å²) in [4.78, 5) is 25.3. The van der Waals surface area contributed by atoms with Crippen molar-refractivity contribution in [3.63, 3.8) is 0 Å². The van der Waals surface area contributed by atoms with Crippen LogP contribution in [0.3, 0.4) is 0 Å². The highest BCUT2D eigenvalue weighted by Crippen LogP contribution is 2.35. The Labute approximate surface area is 120 Å². The van der Waals surface area contributed by atoms with E-state index < -0.39 is 11.4 Å². The first-order valence-electron chi connectivity index (χ1n) is 7.75. The second-order valence-corrected chi connectivity index (χ2v) is 6.46. The molecule has 2 amide bonds. The van der Waals surface area contributed by atoms with E-state index in [2.05, 4.69) is 5.32 Å². The van der Waals surface area contributed by atoms with E-state index in [-0.39, 0.29) is 12.1 Å². The van der Waals surface area contributed by atoms with Crippen molar-refractivity contribution in [2.75, 3.05) is 13.1 Å². The van der Waals surface area contributed by atoms with E-state index in [1.54, 1.807) is 4.90 Å². The number of nitrogens with zero attached hydrogens (tertiary/aromatic N) is 1. The number of piperidine rings is 1. The van der Waals surface area contributed by atoms with E-state index in [0.717, 1.165) is 12.3 Å². The van der Waals surface area contributed by atoms with Gasteiger partial charge in [-0.1, -0.05) is 19.8 Å². The number of carbonyl (C=O) groups excluding carboxylic acids is 1. The minimum absolute atomic E-state index is 0.0340. The van der Waals surface area contributed by atoms with Gasteiger partial charge in [-0.2, -0.15) is 0 Å². The molecule has 0 bridgehead atoms. The summed E-state index contributed by atoms with van der Waals surface area (Å²) in [6, 6.07) is 0.181. The van der Waals surface area contributed by atoms with E-state index in [4.69, 9.17) is 0 Å². The van der Waals surface area contributed by atoms with E-state index >= 15 is 0 Å². The van der Waals surface area contributed by atoms with Crippen molar-refractivity contribution in [3.05, 3.63) is 0 Å². The molecule has 20 heavy (non-hydrogen) atoms. The highest BCUT2D eigenvalue weighted by Gasteiger charge is 2.40. The maximum Gasteiger partial charge on any atom is 0.317 e. The van der Waals surface area contributed by atoms with Gasteiger partial charge in [0.1, 0.15) is 0 Å². The van der Waals surface area contributed by atoms with Crippen molar-refractivity contribution in [3.8, 4) is 0 Å². The van der Waals surface area contributed by atoms with Crippen molar-refractivity contribution in [2.24, 2.45) is 11.3 Å². The highest BCUT2D eigenvalue weighted by atomic mass is 16.4. The number of nitrogens with one attached hydrogen (secondary N) is 1. The molecule has 5 heteroatoms. The number of hydrogen-bond donors (Lipinski definition) is 2. The average molecular weight is 282 g/mol. The van der Waals surface area contributed by atoms with Gasteiger partial charge in [-0.25, -0.2) is 4.79 Å². The van der Waals surface area contributed by atoms with Gasteiger partial charge >= 0.3 is 12.0 Å². The van der Waals surface area contributed by atoms with Crippen molar-refractivity contribution in [1.82, 2.24) is 10.2 Å². The molecule has 1 saturated carbocycles. The number of hydrogen-bond acceptors (Lipinski definition) is 2. The van der Waals surface area contributed by atoms with Crippen molar-refractivity contribution in [1.29, 1.82) is 0 Å². The minimum Gasteiger partial charge on any atom is -0.481 e. The van der Waals surface area contributed by atoms with Gasteiger partial charge in [-0.15, -0.1) is 0 Å². The van der Waals surface area contributed by atoms with Crippen LogP contribution in [0.2, 0.25) is 0 Å². The quantitative estimate of drug-likeness (QED) is 0.813. The second-order valence-electron chi connectivity index (χ2n) is 6.46. The lowest BCUT2D eigenvalue weighted by Crippen LogP contribution is -2.51. The highest BCUT2D eigenvalue weighted by molar-refractivity contribution is 5.77. The summed E-state index contributed by atoms with van der Waals surface area (Å²) in [5.41, 5.74) is -0.629. The summed E-state index contributed by atoms with van der Waals surface area (Å²) in [6.07, 6.45) is 5.40. The third-order valence-electron chi connectivity index (χ3n) is 4.89. The number of likely N-dealkylation sites (tertiary alicyclic amines) is 1. The second kappa shape index (κ2) is 6.02. The number of urea groups is 1. The first kappa shape index (κ1) is 15.1. The molecule has 0 aromatic rings. The zero-order valence-electron chi connectivity index (χ0n) is 12.5. The molecule has 2 fully saturated rings. The first-order chi connectivity index (χ1) is 9.47. The van der Waals surface area contributed by atoms with Gasteiger partial charge in [-0.05, 0) is 38.5 Å². The Morgan fingerprint density at radius 2 is 1.95 bits per heavy atom. The normalized spacial score (nSPS) is 23.2. The third-order valence-corrected chi connectivity index (χ3v) is 4.89. The van der Waals surface area contributed by atoms with Crippen LogP contribution in [0.4, 0.5) is 4.79 Å². The molecule has 0 aromatic heterocycles. The SMILES string of the molecule is CCC1(C(=O)O)CCN(C(=O)NC(C)CC2CC2)CC1. The van der Waals surface area contributed by atoms with Crippen LogP contribution in [0.1, 0.15) is 52.4 Å². The van der Waals surface area contributed by atoms with Crippen LogP contribution < -0.4 is 5.32 Å². The van der Waals surface area contributed by atoms with Crippen molar-refractivity contribution < 1.29 is 14.7 Å². The predicted octanol–water partition coefficient (Wildman–Crippen LogP) is 2.46. The number of aliphatic carboxylic acids is 1. The topological polar surface area (TPSA) is 69.6 Å². The summed E-state index contributed by atoms with van der Waals surface area (Å²) in [7, 11) is 0. The van der Waals surface area contributed by atoms with E-state index in [9.17, 15) is 14.7 Å². The van der Waals surface area contributed by atoms with Crippen LogP contribution in [0.15, 0.2) is 0 Å². The monoisotopic (exact) mass is 282 g/mol. The molecule has 0 radical (unpaired) electrons. The smallest absolute Gasteiger partial charge is 0.317 e. The van der Waals surface area contributed by atoms with E-state index in [1.165, 1.54) is 12.8 Å². The Hall–Kier alpha value is -1.26. The molecule has 1 aliphatic carbocycles. The summed E-state index contributed by atoms with van der Waals surface area (Å²) in [5.74, 6) is 0.0774. The fourth-order valence-electron chi connectivity index (χ4n) is 3.07. The van der Waals surface area contributed by atoms with Crippen LogP contribution in [0.5, 0.6) is 0 Å². The lowest BCUT2D eigenvalue weighted by molar-refractivity contribution is -0.151. The number of carbonyl (C=O) groups is 2. The van der Waals surface area contributed by atoms with Gasteiger partial charge in [0.25, 0.3) is 0 Å². The van der Waals surface area contributed by atoms with Crippen LogP contribution in [-0.4, -0.2) is 41.1 Å². The van der Waals surface area contributed by atoms with Gasteiger partial charge in [0.15, 0.2) is 0 Å². The largest absolute Gasteiger partial charge is 0.481 e. The van der Waals surface area contributed by atoms with Crippen molar-refractivity contribution >= 4 is 12.0 Å². The summed E-state index contributed by atoms with van der Waals surface area (Å²) in [5, 5.41) is 12.4. The average Bonchev–Trinajstić information content (AvgIpc) is 3.22. The standard InChI is InChI=1S/C15H26N2O3/c1-3-15(13(18)19)6-8-17(9-7-15)14(20)16-11(2)10-12-4-5-12/h11-12H,3-10H2,1-2H3,(H,16,20)(H,18,19). The number of rotatable bonds is 5. The fraction of sp³-hybridized carbons (Fsp3) is 0.867. The third kappa shape index (κ3) is 3.44. The lowest BCUT2D eigenvalue weighted by Gasteiger charge is -2.38. The molecule has 1 aliphatic heterocycles. The molecule has 1 heterocycles. The zero-order valence-corrected chi connectivity index (χ0v) is 12.5. The lowest BCUT2D eigenvalue weighted by atomic mass is 9.76. The molecule has 2 rings (SSSR count). The Balaban J connectivity index is 1.80. The Bertz CT molecular complexity index is 371. The summed E-state index contributed by atoms with van der Waals surface area (Å²) in [6.45, 7) is 5.06. The zero-order chi connectivity index (χ0) is 14.8. The van der Waals surface area contributed by atoms with Crippen LogP contribution in [-0.2, 0) is 4.79 Å². The van der Waals surface area contributed by atoms with Crippen LogP contribution >= 0.6 is 0 Å². The summed E-state index contributed by atoms with van der Waals surface area (Å²) >= 11 is 0. The molecule has 114 valence electrons. The maximum atomic E-state index is 12.1. The molecular weight excluding hydrogens is 256 g/mol. The number of amides is 2. The fourth-order valence-corrected chi connectivity index (χ4v) is 3.07. The number of carboxylic acid groups (broad SMARTS) is 1.